The zero-order valence-electron chi connectivity index (χ0n) is 12.9. The first-order valence-electron chi connectivity index (χ1n) is 7.33. The predicted octanol–water partition coefficient (Wildman–Crippen LogP) is 0.0153. The van der Waals surface area contributed by atoms with Crippen molar-refractivity contribution in [2.24, 2.45) is 5.14 Å². The number of primary sulfonamides is 1. The summed E-state index contributed by atoms with van der Waals surface area (Å²) in [5.41, 5.74) is 0.770. The average molecular weight is 344 g/mol. The number of piperazine rings is 1. The molecule has 1 aliphatic heterocycles. The van der Waals surface area contributed by atoms with Gasteiger partial charge in [-0.2, -0.15) is 0 Å². The molecule has 1 amide bonds. The first kappa shape index (κ1) is 17.6. The smallest absolute Gasteiger partial charge is 0.243 e. The second kappa shape index (κ2) is 7.24. The van der Waals surface area contributed by atoms with E-state index in [1.807, 2.05) is 4.90 Å². The fourth-order valence-corrected chi connectivity index (χ4v) is 3.33. The van der Waals surface area contributed by atoms with Gasteiger partial charge in [0, 0.05) is 26.2 Å². The van der Waals surface area contributed by atoms with Crippen molar-refractivity contribution in [2.45, 2.75) is 18.2 Å². The summed E-state index contributed by atoms with van der Waals surface area (Å²) in [6.07, 6.45) is 0.687. The van der Waals surface area contributed by atoms with Crippen LogP contribution in [0.25, 0.3) is 0 Å². The second-order valence-corrected chi connectivity index (χ2v) is 7.07. The highest BCUT2D eigenvalue weighted by molar-refractivity contribution is 7.89. The van der Waals surface area contributed by atoms with Crippen LogP contribution in [-0.2, 0) is 14.8 Å². The van der Waals surface area contributed by atoms with Crippen molar-refractivity contribution in [2.75, 3.05) is 38.0 Å². The third-order valence-electron chi connectivity index (χ3n) is 3.56. The van der Waals surface area contributed by atoms with Crippen LogP contribution in [0.15, 0.2) is 17.0 Å². The third kappa shape index (κ3) is 4.88. The van der Waals surface area contributed by atoms with E-state index in [9.17, 15) is 17.6 Å². The summed E-state index contributed by atoms with van der Waals surface area (Å²) in [5.74, 6) is -0.857. The number of nitrogens with one attached hydrogen (secondary N) is 2. The van der Waals surface area contributed by atoms with Crippen LogP contribution in [0.3, 0.4) is 0 Å². The van der Waals surface area contributed by atoms with Crippen molar-refractivity contribution in [1.29, 1.82) is 0 Å². The zero-order valence-corrected chi connectivity index (χ0v) is 13.7. The fourth-order valence-electron chi connectivity index (χ4n) is 2.56. The normalized spacial score (nSPS) is 16.2. The van der Waals surface area contributed by atoms with Crippen LogP contribution in [0, 0.1) is 12.7 Å². The molecule has 0 aliphatic carbocycles. The molecule has 0 atom stereocenters. The van der Waals surface area contributed by atoms with Crippen molar-refractivity contribution in [3.63, 3.8) is 0 Å². The van der Waals surface area contributed by atoms with E-state index in [1.54, 1.807) is 13.0 Å². The fraction of sp³-hybridized carbons (Fsp3) is 0.500. The number of rotatable bonds is 6. The summed E-state index contributed by atoms with van der Waals surface area (Å²) in [6.45, 7) is 4.59. The zero-order chi connectivity index (χ0) is 17.0. The largest absolute Gasteiger partial charge is 0.384 e. The number of halogens is 1. The lowest BCUT2D eigenvalue weighted by Gasteiger charge is -2.26. The third-order valence-corrected chi connectivity index (χ3v) is 4.54. The van der Waals surface area contributed by atoms with Crippen LogP contribution >= 0.6 is 0 Å². The van der Waals surface area contributed by atoms with Gasteiger partial charge in [0.15, 0.2) is 0 Å². The number of carbonyl (C=O) groups is 1. The van der Waals surface area contributed by atoms with E-state index in [4.69, 9.17) is 5.14 Å². The van der Waals surface area contributed by atoms with Gasteiger partial charge in [-0.1, -0.05) is 0 Å². The molecule has 1 heterocycles. The van der Waals surface area contributed by atoms with E-state index >= 15 is 0 Å². The minimum atomic E-state index is -4.15. The molecule has 1 aliphatic rings. The number of aryl methyl sites for hydroxylation is 1. The lowest BCUT2D eigenvalue weighted by atomic mass is 10.2. The van der Waals surface area contributed by atoms with Crippen LogP contribution in [0.1, 0.15) is 12.0 Å². The van der Waals surface area contributed by atoms with E-state index in [0.717, 1.165) is 12.6 Å². The molecule has 4 N–H and O–H groups in total. The van der Waals surface area contributed by atoms with Gasteiger partial charge in [-0.05, 0) is 31.0 Å². The van der Waals surface area contributed by atoms with E-state index in [0.29, 0.717) is 38.2 Å². The van der Waals surface area contributed by atoms with Crippen molar-refractivity contribution in [3.05, 3.63) is 23.5 Å². The quantitative estimate of drug-likeness (QED) is 0.631. The topological polar surface area (TPSA) is 105 Å². The van der Waals surface area contributed by atoms with E-state index in [2.05, 4.69) is 10.6 Å². The number of sulfonamides is 1. The lowest BCUT2D eigenvalue weighted by Crippen LogP contribution is -2.47. The molecule has 2 rings (SSSR count). The van der Waals surface area contributed by atoms with E-state index in [-0.39, 0.29) is 11.6 Å². The number of amides is 1. The Kier molecular flexibility index (Phi) is 5.55. The summed E-state index contributed by atoms with van der Waals surface area (Å²) in [4.78, 5) is 12.8. The van der Waals surface area contributed by atoms with E-state index < -0.39 is 20.7 Å². The first-order valence-corrected chi connectivity index (χ1v) is 8.88. The maximum Gasteiger partial charge on any atom is 0.243 e. The summed E-state index contributed by atoms with van der Waals surface area (Å²) >= 11 is 0. The number of hydrogen-bond acceptors (Lipinski definition) is 5. The maximum absolute atomic E-state index is 13.9. The Labute approximate surface area is 135 Å². The maximum atomic E-state index is 13.9. The van der Waals surface area contributed by atoms with Gasteiger partial charge in [0.05, 0.1) is 12.2 Å². The highest BCUT2D eigenvalue weighted by Crippen LogP contribution is 2.25. The van der Waals surface area contributed by atoms with Crippen molar-refractivity contribution < 1.29 is 17.6 Å². The van der Waals surface area contributed by atoms with Gasteiger partial charge in [-0.15, -0.1) is 0 Å². The van der Waals surface area contributed by atoms with Gasteiger partial charge in [-0.3, -0.25) is 9.69 Å². The molecule has 0 saturated carbocycles. The number of hydrogen-bond donors (Lipinski definition) is 3. The summed E-state index contributed by atoms with van der Waals surface area (Å²) in [6, 6.07) is 2.69. The number of nitrogens with two attached hydrogens (primary N) is 1. The van der Waals surface area contributed by atoms with E-state index in [1.165, 1.54) is 0 Å². The molecule has 1 fully saturated rings. The molecule has 0 unspecified atom stereocenters. The van der Waals surface area contributed by atoms with Crippen LogP contribution < -0.4 is 15.8 Å². The molecule has 23 heavy (non-hydrogen) atoms. The van der Waals surface area contributed by atoms with Gasteiger partial charge < -0.3 is 10.6 Å². The molecule has 1 aromatic rings. The van der Waals surface area contributed by atoms with Crippen molar-refractivity contribution >= 4 is 21.6 Å². The van der Waals surface area contributed by atoms with Gasteiger partial charge >= 0.3 is 0 Å². The summed E-state index contributed by atoms with van der Waals surface area (Å²) < 4.78 is 37.0. The average Bonchev–Trinajstić information content (AvgIpc) is 2.41. The molecule has 0 spiro atoms. The molecule has 0 radical (unpaired) electrons. The van der Waals surface area contributed by atoms with Gasteiger partial charge in [0.1, 0.15) is 10.7 Å². The van der Waals surface area contributed by atoms with Crippen LogP contribution in [0.2, 0.25) is 0 Å². The molecular weight excluding hydrogens is 323 g/mol. The minimum absolute atomic E-state index is 0.00137. The summed E-state index contributed by atoms with van der Waals surface area (Å²) in [7, 11) is -4.15. The number of anilines is 1. The van der Waals surface area contributed by atoms with Crippen LogP contribution in [0.4, 0.5) is 10.1 Å². The Morgan fingerprint density at radius 3 is 2.83 bits per heavy atom. The molecular formula is C14H21FN4O3S. The predicted molar refractivity (Wildman–Crippen MR) is 85.1 cm³/mol. The molecule has 1 saturated heterocycles. The molecule has 0 aromatic heterocycles. The molecule has 1 aromatic carbocycles. The minimum Gasteiger partial charge on any atom is -0.384 e. The van der Waals surface area contributed by atoms with Gasteiger partial charge in [0.2, 0.25) is 15.9 Å². The van der Waals surface area contributed by atoms with Crippen molar-refractivity contribution in [3.8, 4) is 0 Å². The Balaban J connectivity index is 1.96. The lowest BCUT2D eigenvalue weighted by molar-refractivity contribution is -0.124. The molecule has 128 valence electrons. The van der Waals surface area contributed by atoms with Crippen LogP contribution in [0.5, 0.6) is 0 Å². The van der Waals surface area contributed by atoms with Crippen molar-refractivity contribution in [1.82, 2.24) is 10.2 Å². The first-order chi connectivity index (χ1) is 10.8. The summed E-state index contributed by atoms with van der Waals surface area (Å²) in [5, 5.41) is 10.8. The standard InChI is InChI=1S/C14H21FN4O3S/c1-10-7-11(15)14(23(16,21)22)12(8-10)17-3-2-5-19-6-4-18-13(20)9-19/h7-8,17H,2-6,9H2,1H3,(H,18,20)(H2,16,21,22). The Morgan fingerprint density at radius 1 is 1.43 bits per heavy atom. The number of benzene rings is 1. The molecule has 0 bridgehead atoms. The SMILES string of the molecule is Cc1cc(F)c(S(N)(=O)=O)c(NCCCN2CCNC(=O)C2)c1. The highest BCUT2D eigenvalue weighted by Gasteiger charge is 2.20. The van der Waals surface area contributed by atoms with Crippen LogP contribution in [-0.4, -0.2) is 51.9 Å². The van der Waals surface area contributed by atoms with Gasteiger partial charge in [-0.25, -0.2) is 17.9 Å². The van der Waals surface area contributed by atoms with Gasteiger partial charge in [0.25, 0.3) is 0 Å². The Bertz CT molecular complexity index is 694. The number of carbonyl (C=O) groups excluding carboxylic acids is 1. The Hall–Kier alpha value is -1.71. The highest BCUT2D eigenvalue weighted by atomic mass is 32.2. The Morgan fingerprint density at radius 2 is 2.17 bits per heavy atom. The monoisotopic (exact) mass is 344 g/mol. The second-order valence-electron chi connectivity index (χ2n) is 5.57. The molecule has 7 nitrogen and oxygen atoms in total. The molecule has 9 heteroatoms. The number of nitrogens with zero attached hydrogens (tertiary/aromatic N) is 1.